The summed E-state index contributed by atoms with van der Waals surface area (Å²) in [6, 6.07) is 2.52. The van der Waals surface area contributed by atoms with Gasteiger partial charge in [-0.3, -0.25) is 0 Å². The lowest BCUT2D eigenvalue weighted by Gasteiger charge is -2.48. The first-order valence-corrected chi connectivity index (χ1v) is 10.6. The van der Waals surface area contributed by atoms with E-state index in [9.17, 15) is 4.89 Å². The number of hydrogen-bond acceptors (Lipinski definition) is 1. The largest absolute Gasteiger partial charge is 0.679 e. The van der Waals surface area contributed by atoms with Crippen LogP contribution in [0, 0.1) is 0 Å². The summed E-state index contributed by atoms with van der Waals surface area (Å²) in [4.78, 5) is 12.6. The fourth-order valence-electron chi connectivity index (χ4n) is 5.12. The van der Waals surface area contributed by atoms with Crippen molar-refractivity contribution in [3.8, 4) is 0 Å². The van der Waals surface area contributed by atoms with Crippen molar-refractivity contribution in [2.45, 2.75) is 103 Å². The summed E-state index contributed by atoms with van der Waals surface area (Å²) in [5.41, 5.74) is 6.42. The van der Waals surface area contributed by atoms with E-state index in [4.69, 9.17) is 0 Å². The van der Waals surface area contributed by atoms with Gasteiger partial charge in [-0.2, -0.15) is 0 Å². The third-order valence-corrected chi connectivity index (χ3v) is 7.86. The summed E-state index contributed by atoms with van der Waals surface area (Å²) < 4.78 is 0. The summed E-state index contributed by atoms with van der Waals surface area (Å²) in [6.45, 7) is 18.9. The van der Waals surface area contributed by atoms with E-state index in [1.165, 1.54) is 53.2 Å². The van der Waals surface area contributed by atoms with Crippen LogP contribution < -0.4 is 10.2 Å². The average Bonchev–Trinajstić information content (AvgIpc) is 2.47. The Labute approximate surface area is 150 Å². The summed E-state index contributed by atoms with van der Waals surface area (Å²) >= 11 is 0. The maximum absolute atomic E-state index is 12.6. The van der Waals surface area contributed by atoms with Gasteiger partial charge in [0.1, 0.15) is 0 Å². The SMILES string of the molecule is CC1(C)CCC(C)(C)c2c1cc1c(c2[PH2+][O-])C(C)(C)CCC1(C)C. The molecule has 2 aliphatic carbocycles. The lowest BCUT2D eigenvalue weighted by Crippen LogP contribution is -2.45. The Morgan fingerprint density at radius 2 is 1.00 bits per heavy atom. The molecule has 1 atom stereocenters. The molecule has 0 N–H and O–H groups in total. The molecule has 0 bridgehead atoms. The minimum atomic E-state index is -0.912. The lowest BCUT2D eigenvalue weighted by molar-refractivity contribution is -0.147. The van der Waals surface area contributed by atoms with Crippen LogP contribution in [0.1, 0.15) is 103 Å². The molecule has 0 saturated carbocycles. The lowest BCUT2D eigenvalue weighted by atomic mass is 9.57. The van der Waals surface area contributed by atoms with Crippen LogP contribution in [0.25, 0.3) is 0 Å². The molecule has 0 spiro atoms. The number of hydrogen-bond donors (Lipinski definition) is 0. The fourth-order valence-corrected chi connectivity index (χ4v) is 6.44. The molecule has 1 nitrogen and oxygen atoms in total. The zero-order valence-corrected chi connectivity index (χ0v) is 18.0. The van der Waals surface area contributed by atoms with Crippen molar-refractivity contribution in [2.75, 3.05) is 0 Å². The van der Waals surface area contributed by atoms with Crippen molar-refractivity contribution in [2.24, 2.45) is 0 Å². The van der Waals surface area contributed by atoms with Crippen molar-refractivity contribution < 1.29 is 4.89 Å². The highest BCUT2D eigenvalue weighted by molar-refractivity contribution is 7.39. The topological polar surface area (TPSA) is 23.1 Å². The van der Waals surface area contributed by atoms with E-state index in [1.54, 1.807) is 0 Å². The molecule has 0 aromatic heterocycles. The molecule has 2 heteroatoms. The van der Waals surface area contributed by atoms with Gasteiger partial charge in [0, 0.05) is 11.1 Å². The Kier molecular flexibility index (Phi) is 4.07. The second kappa shape index (κ2) is 5.31. The second-order valence-corrected chi connectivity index (χ2v) is 11.6. The van der Waals surface area contributed by atoms with E-state index in [0.29, 0.717) is 0 Å². The van der Waals surface area contributed by atoms with Crippen molar-refractivity contribution >= 4 is 14.1 Å². The molecule has 0 saturated heterocycles. The van der Waals surface area contributed by atoms with E-state index in [1.807, 2.05) is 0 Å². The van der Waals surface area contributed by atoms with Gasteiger partial charge in [-0.25, -0.2) is 0 Å². The van der Waals surface area contributed by atoms with Crippen molar-refractivity contribution in [3.63, 3.8) is 0 Å². The predicted octanol–water partition coefficient (Wildman–Crippen LogP) is 4.70. The Morgan fingerprint density at radius 3 is 1.33 bits per heavy atom. The van der Waals surface area contributed by atoms with Gasteiger partial charge in [0.15, 0.2) is 0 Å². The standard InChI is InChI=1S/C22H35OP/c1-19(2)9-11-21(5,6)16-14(19)13-15-17(18(16)24-23)22(7,8)12-10-20(15,3)4/h13H,9-12,24H2,1-8H3. The number of rotatable bonds is 1. The van der Waals surface area contributed by atoms with Crippen molar-refractivity contribution in [1.82, 2.24) is 0 Å². The smallest absolute Gasteiger partial charge is 0.0911 e. The van der Waals surface area contributed by atoms with Crippen LogP contribution in [0.3, 0.4) is 0 Å². The quantitative estimate of drug-likeness (QED) is 0.676. The highest BCUT2D eigenvalue weighted by atomic mass is 31.1. The van der Waals surface area contributed by atoms with Crippen LogP contribution in [0.15, 0.2) is 6.07 Å². The fraction of sp³-hybridized carbons (Fsp3) is 0.727. The Bertz CT molecular complexity index is 625. The number of benzene rings is 1. The molecular weight excluding hydrogens is 311 g/mol. The monoisotopic (exact) mass is 346 g/mol. The third kappa shape index (κ3) is 2.58. The van der Waals surface area contributed by atoms with E-state index in [0.717, 1.165) is 0 Å². The van der Waals surface area contributed by atoms with Gasteiger partial charge < -0.3 is 4.89 Å². The van der Waals surface area contributed by atoms with E-state index in [-0.39, 0.29) is 21.7 Å². The van der Waals surface area contributed by atoms with Crippen LogP contribution in [-0.4, -0.2) is 0 Å². The molecule has 1 aromatic carbocycles. The van der Waals surface area contributed by atoms with Crippen molar-refractivity contribution in [1.29, 1.82) is 0 Å². The highest BCUT2D eigenvalue weighted by Crippen LogP contribution is 2.52. The third-order valence-electron chi connectivity index (χ3n) is 7.05. The molecule has 0 fully saturated rings. The molecule has 24 heavy (non-hydrogen) atoms. The van der Waals surface area contributed by atoms with Gasteiger partial charge in [0.25, 0.3) is 0 Å². The van der Waals surface area contributed by atoms with Crippen LogP contribution in [0.4, 0.5) is 0 Å². The molecule has 1 unspecified atom stereocenters. The van der Waals surface area contributed by atoms with Crippen molar-refractivity contribution in [3.05, 3.63) is 28.3 Å². The molecule has 0 aliphatic heterocycles. The average molecular weight is 346 g/mol. The molecule has 134 valence electrons. The zero-order chi connectivity index (χ0) is 18.1. The summed E-state index contributed by atoms with van der Waals surface area (Å²) in [6.07, 6.45) is 4.79. The first-order chi connectivity index (χ1) is 10.8. The summed E-state index contributed by atoms with van der Waals surface area (Å²) in [5, 5.41) is 1.22. The first-order valence-electron chi connectivity index (χ1n) is 9.52. The number of fused-ring (bicyclic) bond motifs is 2. The van der Waals surface area contributed by atoms with Crippen LogP contribution in [-0.2, 0) is 21.7 Å². The Balaban J connectivity index is 2.46. The maximum Gasteiger partial charge on any atom is 0.0911 e. The van der Waals surface area contributed by atoms with E-state index >= 15 is 0 Å². The zero-order valence-electron chi connectivity index (χ0n) is 16.9. The van der Waals surface area contributed by atoms with Gasteiger partial charge in [0.2, 0.25) is 0 Å². The summed E-state index contributed by atoms with van der Waals surface area (Å²) in [5.74, 6) is 0. The minimum Gasteiger partial charge on any atom is -0.679 e. The van der Waals surface area contributed by atoms with Gasteiger partial charge in [-0.05, 0) is 67.3 Å². The van der Waals surface area contributed by atoms with E-state index in [2.05, 4.69) is 61.5 Å². The molecular formula is C22H35OP. The summed E-state index contributed by atoms with van der Waals surface area (Å²) in [7, 11) is -0.912. The highest BCUT2D eigenvalue weighted by Gasteiger charge is 2.46. The van der Waals surface area contributed by atoms with Gasteiger partial charge in [-0.15, -0.1) is 0 Å². The first kappa shape index (κ1) is 18.4. The van der Waals surface area contributed by atoms with E-state index < -0.39 is 8.81 Å². The molecule has 2 aliphatic rings. The van der Waals surface area contributed by atoms with Gasteiger partial charge >= 0.3 is 0 Å². The molecule has 1 aromatic rings. The molecule has 0 amide bonds. The van der Waals surface area contributed by atoms with Gasteiger partial charge in [0.05, 0.1) is 5.30 Å². The van der Waals surface area contributed by atoms with Crippen LogP contribution in [0.5, 0.6) is 0 Å². The Hall–Kier alpha value is -0.390. The minimum absolute atomic E-state index is 0.129. The molecule has 0 heterocycles. The molecule has 3 rings (SSSR count). The van der Waals surface area contributed by atoms with Gasteiger partial charge in [-0.1, -0.05) is 61.5 Å². The normalized spacial score (nSPS) is 26.2. The second-order valence-electron chi connectivity index (χ2n) is 10.8. The van der Waals surface area contributed by atoms with Crippen LogP contribution in [0.2, 0.25) is 0 Å². The van der Waals surface area contributed by atoms with Crippen LogP contribution >= 0.6 is 8.81 Å². The molecule has 0 radical (unpaired) electrons. The predicted molar refractivity (Wildman–Crippen MR) is 106 cm³/mol. The maximum atomic E-state index is 12.6. The Morgan fingerprint density at radius 1 is 0.667 bits per heavy atom.